The van der Waals surface area contributed by atoms with E-state index in [2.05, 4.69) is 4.74 Å². The number of anilines is 1. The Bertz CT molecular complexity index is 664. The van der Waals surface area contributed by atoms with Crippen molar-refractivity contribution < 1.29 is 40.8 Å². The molecule has 0 saturated heterocycles. The summed E-state index contributed by atoms with van der Waals surface area (Å²) in [5.41, 5.74) is -5.16. The molecule has 0 radical (unpaired) electrons. The highest BCUT2D eigenvalue weighted by molar-refractivity contribution is 5.86. The molecule has 0 saturated carbocycles. The summed E-state index contributed by atoms with van der Waals surface area (Å²) in [7, 11) is 0. The summed E-state index contributed by atoms with van der Waals surface area (Å²) < 4.78 is 80.6. The molecule has 0 aliphatic heterocycles. The van der Waals surface area contributed by atoms with Gasteiger partial charge in [-0.2, -0.15) is 26.3 Å². The second-order valence-electron chi connectivity index (χ2n) is 4.45. The van der Waals surface area contributed by atoms with Crippen LogP contribution in [0.15, 0.2) is 30.1 Å². The van der Waals surface area contributed by atoms with Crippen molar-refractivity contribution >= 4 is 11.7 Å². The van der Waals surface area contributed by atoms with Crippen LogP contribution in [0.4, 0.5) is 32.0 Å². The molecule has 138 valence electrons. The van der Waals surface area contributed by atoms with E-state index in [1.54, 1.807) is 0 Å². The second-order valence-corrected chi connectivity index (χ2v) is 4.45. The van der Waals surface area contributed by atoms with Crippen LogP contribution in [0.5, 0.6) is 0 Å². The van der Waals surface area contributed by atoms with Crippen LogP contribution in [0, 0.1) is 10.1 Å². The number of nitrogens with one attached hydrogen (secondary N) is 1. The van der Waals surface area contributed by atoms with E-state index in [4.69, 9.17) is 0 Å². The zero-order valence-electron chi connectivity index (χ0n) is 12.4. The lowest BCUT2D eigenvalue weighted by molar-refractivity contribution is -0.421. The van der Waals surface area contributed by atoms with Crippen molar-refractivity contribution in [2.45, 2.75) is 19.3 Å². The minimum atomic E-state index is -5.07. The molecule has 0 aliphatic rings. The number of hydrogen-bond acceptors (Lipinski definition) is 5. The molecule has 0 spiro atoms. The van der Waals surface area contributed by atoms with Gasteiger partial charge in [0.15, 0.2) is 0 Å². The maximum Gasteiger partial charge on any atom is 0.416 e. The summed E-state index contributed by atoms with van der Waals surface area (Å²) >= 11 is 0. The van der Waals surface area contributed by atoms with Crippen LogP contribution >= 0.6 is 0 Å². The summed E-state index contributed by atoms with van der Waals surface area (Å²) in [6.45, 7) is 1.14. The van der Waals surface area contributed by atoms with E-state index >= 15 is 0 Å². The average molecular weight is 372 g/mol. The van der Waals surface area contributed by atoms with E-state index in [-0.39, 0.29) is 12.7 Å². The maximum absolute atomic E-state index is 12.7. The minimum Gasteiger partial charge on any atom is -0.458 e. The first-order valence-electron chi connectivity index (χ1n) is 6.44. The zero-order valence-corrected chi connectivity index (χ0v) is 12.4. The first-order valence-corrected chi connectivity index (χ1v) is 6.44. The third-order valence-corrected chi connectivity index (χ3v) is 2.64. The van der Waals surface area contributed by atoms with Gasteiger partial charge in [0, 0.05) is 5.69 Å². The van der Waals surface area contributed by atoms with E-state index in [1.807, 2.05) is 5.32 Å². The third-order valence-electron chi connectivity index (χ3n) is 2.64. The number of esters is 1. The van der Waals surface area contributed by atoms with Crippen LogP contribution in [0.25, 0.3) is 0 Å². The molecule has 1 aromatic rings. The molecule has 12 heteroatoms. The topological polar surface area (TPSA) is 81.5 Å². The number of carbonyl (C=O) groups is 1. The van der Waals surface area contributed by atoms with Gasteiger partial charge in [-0.1, -0.05) is 0 Å². The lowest BCUT2D eigenvalue weighted by Gasteiger charge is -2.14. The monoisotopic (exact) mass is 372 g/mol. The van der Waals surface area contributed by atoms with Gasteiger partial charge in [0.2, 0.25) is 0 Å². The molecule has 0 atom stereocenters. The Morgan fingerprint density at radius 1 is 1.16 bits per heavy atom. The number of nitro groups is 1. The van der Waals surface area contributed by atoms with Crippen molar-refractivity contribution in [1.82, 2.24) is 0 Å². The molecular weight excluding hydrogens is 362 g/mol. The van der Waals surface area contributed by atoms with Gasteiger partial charge < -0.3 is 10.1 Å². The molecule has 1 aromatic carbocycles. The van der Waals surface area contributed by atoms with Crippen molar-refractivity contribution in [2.24, 2.45) is 0 Å². The summed E-state index contributed by atoms with van der Waals surface area (Å²) in [5, 5.41) is 12.6. The van der Waals surface area contributed by atoms with Gasteiger partial charge in [0.25, 0.3) is 0 Å². The standard InChI is InChI=1S/C13H10F6N2O4/c1-2-25-11(22)10(21(23)24)6-20-9-4-7(12(14,15)16)3-8(5-9)13(17,18)19/h3-6,20H,2H2,1H3/b10-6-. The number of ether oxygens (including phenoxy) is 1. The van der Waals surface area contributed by atoms with Crippen molar-refractivity contribution in [1.29, 1.82) is 0 Å². The Morgan fingerprint density at radius 2 is 1.64 bits per heavy atom. The van der Waals surface area contributed by atoms with Crippen LogP contribution in [-0.2, 0) is 21.9 Å². The first-order chi connectivity index (χ1) is 11.4. The van der Waals surface area contributed by atoms with E-state index in [1.165, 1.54) is 6.92 Å². The Kier molecular flexibility index (Phi) is 6.00. The Hall–Kier alpha value is -2.79. The molecule has 1 N–H and O–H groups in total. The van der Waals surface area contributed by atoms with Crippen molar-refractivity contribution in [3.8, 4) is 0 Å². The predicted molar refractivity (Wildman–Crippen MR) is 71.8 cm³/mol. The zero-order chi connectivity index (χ0) is 19.4. The molecule has 6 nitrogen and oxygen atoms in total. The fourth-order valence-electron chi connectivity index (χ4n) is 1.58. The molecule has 0 heterocycles. The minimum absolute atomic E-state index is 0.103. The summed E-state index contributed by atoms with van der Waals surface area (Å²) in [6, 6.07) is 0.525. The van der Waals surface area contributed by atoms with Gasteiger partial charge in [-0.25, -0.2) is 4.79 Å². The number of nitrogens with zero attached hydrogens (tertiary/aromatic N) is 1. The number of rotatable bonds is 5. The van der Waals surface area contributed by atoms with E-state index in [9.17, 15) is 41.3 Å². The van der Waals surface area contributed by atoms with Gasteiger partial charge in [0.1, 0.15) is 0 Å². The van der Waals surface area contributed by atoms with Gasteiger partial charge >= 0.3 is 24.0 Å². The van der Waals surface area contributed by atoms with Gasteiger partial charge in [-0.3, -0.25) is 10.1 Å². The van der Waals surface area contributed by atoms with Crippen molar-refractivity contribution in [3.05, 3.63) is 51.3 Å². The second kappa shape index (κ2) is 7.40. The highest BCUT2D eigenvalue weighted by Gasteiger charge is 2.37. The van der Waals surface area contributed by atoms with Crippen LogP contribution in [0.1, 0.15) is 18.1 Å². The quantitative estimate of drug-likeness (QED) is 0.279. The number of halogens is 6. The number of hydrogen-bond donors (Lipinski definition) is 1. The highest BCUT2D eigenvalue weighted by atomic mass is 19.4. The number of benzene rings is 1. The fourth-order valence-corrected chi connectivity index (χ4v) is 1.58. The lowest BCUT2D eigenvalue weighted by atomic mass is 10.1. The van der Waals surface area contributed by atoms with E-state index in [0.29, 0.717) is 18.3 Å². The molecule has 0 unspecified atom stereocenters. The van der Waals surface area contributed by atoms with Crippen LogP contribution in [0.3, 0.4) is 0 Å². The highest BCUT2D eigenvalue weighted by Crippen LogP contribution is 2.37. The molecule has 0 bridgehead atoms. The predicted octanol–water partition coefficient (Wildman–Crippen LogP) is 3.82. The molecule has 0 amide bonds. The smallest absolute Gasteiger partial charge is 0.416 e. The Labute approximate surface area is 136 Å². The van der Waals surface area contributed by atoms with Crippen LogP contribution in [-0.4, -0.2) is 17.5 Å². The maximum atomic E-state index is 12.7. The summed E-state index contributed by atoms with van der Waals surface area (Å²) in [4.78, 5) is 20.9. The van der Waals surface area contributed by atoms with Crippen LogP contribution < -0.4 is 5.32 Å². The third kappa shape index (κ3) is 5.65. The number of carbonyl (C=O) groups excluding carboxylic acids is 1. The van der Waals surface area contributed by atoms with Crippen molar-refractivity contribution in [2.75, 3.05) is 11.9 Å². The molecule has 25 heavy (non-hydrogen) atoms. The Morgan fingerprint density at radius 3 is 2.00 bits per heavy atom. The van der Waals surface area contributed by atoms with Gasteiger partial charge in [-0.15, -0.1) is 0 Å². The Balaban J connectivity index is 3.30. The van der Waals surface area contributed by atoms with Crippen molar-refractivity contribution in [3.63, 3.8) is 0 Å². The summed E-state index contributed by atoms with van der Waals surface area (Å²) in [5.74, 6) is -1.40. The average Bonchev–Trinajstić information content (AvgIpc) is 2.45. The molecular formula is C13H10F6N2O4. The molecule has 0 aliphatic carbocycles. The van der Waals surface area contributed by atoms with E-state index < -0.39 is 45.8 Å². The normalized spacial score (nSPS) is 12.7. The molecule has 0 fully saturated rings. The molecule has 0 aromatic heterocycles. The van der Waals surface area contributed by atoms with Gasteiger partial charge in [-0.05, 0) is 25.1 Å². The van der Waals surface area contributed by atoms with E-state index in [0.717, 1.165) is 0 Å². The van der Waals surface area contributed by atoms with Gasteiger partial charge in [0.05, 0.1) is 28.9 Å². The summed E-state index contributed by atoms with van der Waals surface area (Å²) in [6.07, 6.45) is -9.80. The molecule has 1 rings (SSSR count). The first kappa shape index (κ1) is 20.3. The fraction of sp³-hybridized carbons (Fsp3) is 0.308. The largest absolute Gasteiger partial charge is 0.458 e. The number of alkyl halides is 6. The SMILES string of the molecule is CCOC(=O)/C(=C/Nc1cc(C(F)(F)F)cc(C(F)(F)F)c1)[N+](=O)[O-]. The lowest BCUT2D eigenvalue weighted by Crippen LogP contribution is -2.16. The van der Waals surface area contributed by atoms with Crippen LogP contribution in [0.2, 0.25) is 0 Å².